The minimum absolute atomic E-state index is 0.284. The van der Waals surface area contributed by atoms with Crippen LogP contribution in [0.5, 0.6) is 0 Å². The van der Waals surface area contributed by atoms with E-state index in [1.807, 2.05) is 19.1 Å². The Bertz CT molecular complexity index is 787. The Kier molecular flexibility index (Phi) is 2.01. The molecule has 0 aliphatic heterocycles. The molecule has 0 atom stereocenters. The third-order valence-electron chi connectivity index (χ3n) is 2.83. The Morgan fingerprint density at radius 3 is 2.59 bits per heavy atom. The minimum Gasteiger partial charge on any atom is -0.422 e. The fourth-order valence-corrected chi connectivity index (χ4v) is 2.02. The maximum Gasteiger partial charge on any atom is 0.344 e. The Balaban J connectivity index is 2.60. The second kappa shape index (κ2) is 3.42. The number of benzene rings is 2. The van der Waals surface area contributed by atoms with Crippen LogP contribution in [0.15, 0.2) is 45.6 Å². The Morgan fingerprint density at radius 2 is 1.76 bits per heavy atom. The molecule has 0 bridgehead atoms. The molecule has 3 heteroatoms. The van der Waals surface area contributed by atoms with Gasteiger partial charge in [0.15, 0.2) is 0 Å². The first-order valence-electron chi connectivity index (χ1n) is 5.28. The van der Waals surface area contributed by atoms with Crippen molar-refractivity contribution in [2.45, 2.75) is 6.92 Å². The van der Waals surface area contributed by atoms with Crippen molar-refractivity contribution in [3.05, 3.63) is 58.2 Å². The average molecular weight is 228 g/mol. The maximum absolute atomic E-state index is 13.1. The lowest BCUT2D eigenvalue weighted by molar-refractivity contribution is 0.562. The molecule has 84 valence electrons. The van der Waals surface area contributed by atoms with E-state index in [0.717, 1.165) is 16.3 Å². The smallest absolute Gasteiger partial charge is 0.344 e. The summed E-state index contributed by atoms with van der Waals surface area (Å²) in [5.41, 5.74) is 0.847. The predicted molar refractivity (Wildman–Crippen MR) is 64.7 cm³/mol. The summed E-state index contributed by atoms with van der Waals surface area (Å²) in [5, 5.41) is 2.08. The Morgan fingerprint density at radius 1 is 1.00 bits per heavy atom. The molecule has 0 radical (unpaired) electrons. The van der Waals surface area contributed by atoms with Crippen molar-refractivity contribution in [1.29, 1.82) is 0 Å². The molecule has 0 spiro atoms. The third-order valence-corrected chi connectivity index (χ3v) is 2.83. The van der Waals surface area contributed by atoms with Crippen LogP contribution in [-0.2, 0) is 0 Å². The van der Waals surface area contributed by atoms with E-state index >= 15 is 0 Å². The molecule has 2 aromatic carbocycles. The van der Waals surface area contributed by atoms with Crippen molar-refractivity contribution in [1.82, 2.24) is 0 Å². The van der Waals surface area contributed by atoms with Gasteiger partial charge in [-0.1, -0.05) is 17.7 Å². The van der Waals surface area contributed by atoms with Crippen LogP contribution in [-0.4, -0.2) is 0 Å². The molecule has 0 aliphatic rings. The van der Waals surface area contributed by atoms with Gasteiger partial charge in [-0.15, -0.1) is 0 Å². The summed E-state index contributed by atoms with van der Waals surface area (Å²) >= 11 is 0. The molecule has 17 heavy (non-hydrogen) atoms. The van der Waals surface area contributed by atoms with Gasteiger partial charge < -0.3 is 4.42 Å². The van der Waals surface area contributed by atoms with E-state index in [1.54, 1.807) is 12.1 Å². The molecule has 3 rings (SSSR count). The van der Waals surface area contributed by atoms with Gasteiger partial charge in [-0.2, -0.15) is 0 Å². The molecule has 1 heterocycles. The summed E-state index contributed by atoms with van der Waals surface area (Å²) in [4.78, 5) is 11.8. The predicted octanol–water partition coefficient (Wildman–Crippen LogP) is 3.39. The number of aryl methyl sites for hydroxylation is 1. The lowest BCUT2D eigenvalue weighted by Gasteiger charge is -2.03. The van der Waals surface area contributed by atoms with Crippen LogP contribution in [0.2, 0.25) is 0 Å². The Labute approximate surface area is 96.3 Å². The van der Waals surface area contributed by atoms with Gasteiger partial charge in [0.1, 0.15) is 11.4 Å². The van der Waals surface area contributed by atoms with E-state index in [0.29, 0.717) is 5.39 Å². The SMILES string of the molecule is Cc1ccc2c(c1)c(=O)oc1cc(F)ccc12. The number of fused-ring (bicyclic) bond motifs is 3. The van der Waals surface area contributed by atoms with Crippen molar-refractivity contribution in [2.24, 2.45) is 0 Å². The zero-order chi connectivity index (χ0) is 12.0. The number of hydrogen-bond acceptors (Lipinski definition) is 2. The first kappa shape index (κ1) is 10.0. The summed E-state index contributed by atoms with van der Waals surface area (Å²) in [7, 11) is 0. The molecule has 0 unspecified atom stereocenters. The molecule has 0 N–H and O–H groups in total. The highest BCUT2D eigenvalue weighted by Crippen LogP contribution is 2.23. The van der Waals surface area contributed by atoms with E-state index in [2.05, 4.69) is 0 Å². The third kappa shape index (κ3) is 1.51. The van der Waals surface area contributed by atoms with Crippen LogP contribution >= 0.6 is 0 Å². The zero-order valence-electron chi connectivity index (χ0n) is 9.16. The molecule has 1 aromatic heterocycles. The lowest BCUT2D eigenvalue weighted by atomic mass is 10.1. The molecule has 0 fully saturated rings. The van der Waals surface area contributed by atoms with Crippen LogP contribution in [0.1, 0.15) is 5.56 Å². The summed E-state index contributed by atoms with van der Waals surface area (Å²) in [6.45, 7) is 1.91. The number of halogens is 1. The molecule has 2 nitrogen and oxygen atoms in total. The van der Waals surface area contributed by atoms with Crippen LogP contribution in [0, 0.1) is 12.7 Å². The van der Waals surface area contributed by atoms with E-state index in [-0.39, 0.29) is 5.58 Å². The highest BCUT2D eigenvalue weighted by atomic mass is 19.1. The molecule has 0 saturated carbocycles. The van der Waals surface area contributed by atoms with Gasteiger partial charge in [0, 0.05) is 11.5 Å². The van der Waals surface area contributed by atoms with Crippen molar-refractivity contribution in [3.63, 3.8) is 0 Å². The number of rotatable bonds is 0. The normalized spacial score (nSPS) is 11.2. The quantitative estimate of drug-likeness (QED) is 0.436. The minimum atomic E-state index is -0.429. The maximum atomic E-state index is 13.1. The van der Waals surface area contributed by atoms with E-state index < -0.39 is 11.4 Å². The van der Waals surface area contributed by atoms with Crippen LogP contribution in [0.3, 0.4) is 0 Å². The standard InChI is InChI=1S/C14H9FO2/c1-8-2-4-10-11-5-3-9(15)7-13(11)17-14(16)12(10)6-8/h2-7H,1H3. The highest BCUT2D eigenvalue weighted by molar-refractivity contribution is 6.04. The second-order valence-electron chi connectivity index (χ2n) is 4.08. The first-order chi connectivity index (χ1) is 8.15. The zero-order valence-corrected chi connectivity index (χ0v) is 9.16. The van der Waals surface area contributed by atoms with E-state index in [4.69, 9.17) is 4.42 Å². The topological polar surface area (TPSA) is 30.2 Å². The van der Waals surface area contributed by atoms with E-state index in [1.165, 1.54) is 12.1 Å². The summed E-state index contributed by atoms with van der Waals surface area (Å²) < 4.78 is 18.2. The monoisotopic (exact) mass is 228 g/mol. The summed E-state index contributed by atoms with van der Waals surface area (Å²) in [5.74, 6) is -0.410. The highest BCUT2D eigenvalue weighted by Gasteiger charge is 2.07. The van der Waals surface area contributed by atoms with E-state index in [9.17, 15) is 9.18 Å². The van der Waals surface area contributed by atoms with Gasteiger partial charge >= 0.3 is 5.63 Å². The molecular formula is C14H9FO2. The molecule has 3 aromatic rings. The van der Waals surface area contributed by atoms with Gasteiger partial charge in [0.2, 0.25) is 0 Å². The number of hydrogen-bond donors (Lipinski definition) is 0. The van der Waals surface area contributed by atoms with Crippen molar-refractivity contribution in [2.75, 3.05) is 0 Å². The Hall–Kier alpha value is -2.16. The van der Waals surface area contributed by atoms with Gasteiger partial charge in [-0.3, -0.25) is 0 Å². The van der Waals surface area contributed by atoms with Crippen LogP contribution in [0.25, 0.3) is 21.7 Å². The van der Waals surface area contributed by atoms with Crippen LogP contribution < -0.4 is 5.63 Å². The second-order valence-corrected chi connectivity index (χ2v) is 4.08. The molecule has 0 amide bonds. The first-order valence-corrected chi connectivity index (χ1v) is 5.28. The largest absolute Gasteiger partial charge is 0.422 e. The molecule has 0 aliphatic carbocycles. The fraction of sp³-hybridized carbons (Fsp3) is 0.0714. The lowest BCUT2D eigenvalue weighted by Crippen LogP contribution is -2.00. The van der Waals surface area contributed by atoms with Gasteiger partial charge in [0.05, 0.1) is 5.39 Å². The van der Waals surface area contributed by atoms with Crippen molar-refractivity contribution >= 4 is 21.7 Å². The van der Waals surface area contributed by atoms with Gasteiger partial charge in [-0.25, -0.2) is 9.18 Å². The van der Waals surface area contributed by atoms with Gasteiger partial charge in [0.25, 0.3) is 0 Å². The summed E-state index contributed by atoms with van der Waals surface area (Å²) in [6, 6.07) is 9.79. The van der Waals surface area contributed by atoms with Crippen molar-refractivity contribution < 1.29 is 8.81 Å². The van der Waals surface area contributed by atoms with Gasteiger partial charge in [-0.05, 0) is 30.5 Å². The fourth-order valence-electron chi connectivity index (χ4n) is 2.02. The average Bonchev–Trinajstić information content (AvgIpc) is 2.29. The molecule has 0 saturated heterocycles. The molecular weight excluding hydrogens is 219 g/mol. The van der Waals surface area contributed by atoms with Crippen molar-refractivity contribution in [3.8, 4) is 0 Å². The van der Waals surface area contributed by atoms with Crippen LogP contribution in [0.4, 0.5) is 4.39 Å². The summed E-state index contributed by atoms with van der Waals surface area (Å²) in [6.07, 6.45) is 0.